The summed E-state index contributed by atoms with van der Waals surface area (Å²) in [6, 6.07) is 3.30. The van der Waals surface area contributed by atoms with Crippen LogP contribution in [0.3, 0.4) is 0 Å². The van der Waals surface area contributed by atoms with Crippen molar-refractivity contribution in [2.24, 2.45) is 5.92 Å². The first kappa shape index (κ1) is 22.2. The number of halogens is 3. The molecule has 0 aromatic carbocycles. The van der Waals surface area contributed by atoms with Crippen LogP contribution in [0, 0.1) is 5.92 Å². The lowest BCUT2D eigenvalue weighted by Gasteiger charge is -2.22. The van der Waals surface area contributed by atoms with Crippen molar-refractivity contribution in [2.75, 3.05) is 22.6 Å². The van der Waals surface area contributed by atoms with E-state index in [1.54, 1.807) is 0 Å². The first-order valence-electron chi connectivity index (χ1n) is 9.83. The highest BCUT2D eigenvalue weighted by Crippen LogP contribution is 2.37. The van der Waals surface area contributed by atoms with Crippen LogP contribution in [0.5, 0.6) is 0 Å². The summed E-state index contributed by atoms with van der Waals surface area (Å²) in [6.07, 6.45) is -2.26. The fourth-order valence-electron chi connectivity index (χ4n) is 3.44. The lowest BCUT2D eigenvalue weighted by Crippen LogP contribution is -2.31. The van der Waals surface area contributed by atoms with Crippen molar-refractivity contribution in [3.63, 3.8) is 0 Å². The third-order valence-electron chi connectivity index (χ3n) is 5.48. The molecule has 3 heterocycles. The van der Waals surface area contributed by atoms with E-state index in [2.05, 4.69) is 9.97 Å². The largest absolute Gasteiger partial charge is 0.433 e. The number of hydrogen-bond donors (Lipinski definition) is 0. The fourth-order valence-corrected chi connectivity index (χ4v) is 4.46. The van der Waals surface area contributed by atoms with Gasteiger partial charge in [0.15, 0.2) is 15.7 Å². The molecule has 2 aromatic rings. The molecule has 170 valence electrons. The van der Waals surface area contributed by atoms with Crippen LogP contribution in [0.1, 0.15) is 41.4 Å². The number of hydrogen-bond acceptors (Lipinski definition) is 6. The van der Waals surface area contributed by atoms with Crippen LogP contribution >= 0.6 is 0 Å². The Bertz CT molecular complexity index is 1230. The summed E-state index contributed by atoms with van der Waals surface area (Å²) in [7, 11) is -2.33. The first-order chi connectivity index (χ1) is 14.9. The topological polar surface area (TPSA) is 101 Å². The molecule has 32 heavy (non-hydrogen) atoms. The molecule has 1 saturated carbocycles. The van der Waals surface area contributed by atoms with Gasteiger partial charge in [-0.3, -0.25) is 24.4 Å². The van der Waals surface area contributed by atoms with Crippen LogP contribution < -0.4 is 9.80 Å². The van der Waals surface area contributed by atoms with Gasteiger partial charge in [0.25, 0.3) is 5.91 Å². The van der Waals surface area contributed by atoms with E-state index in [-0.39, 0.29) is 51.8 Å². The molecule has 0 spiro atoms. The van der Waals surface area contributed by atoms with E-state index >= 15 is 0 Å². The molecule has 2 aliphatic rings. The first-order valence-corrected chi connectivity index (χ1v) is 11.5. The minimum atomic E-state index is -4.73. The van der Waals surface area contributed by atoms with Crippen molar-refractivity contribution in [1.29, 1.82) is 0 Å². The van der Waals surface area contributed by atoms with Crippen LogP contribution in [0.15, 0.2) is 29.3 Å². The predicted octanol–water partition coefficient (Wildman–Crippen LogP) is 2.82. The molecule has 1 aliphatic carbocycles. The van der Waals surface area contributed by atoms with Gasteiger partial charge in [-0.05, 0) is 31.0 Å². The van der Waals surface area contributed by atoms with Gasteiger partial charge in [-0.1, -0.05) is 6.92 Å². The SMILES string of the molecule is CCS(=O)(=O)c1ccc(N(C)C(=O)C2CC2)nc1N1Cc2cnc(C(F)(F)F)cc2C1=O. The molecule has 0 saturated heterocycles. The third-order valence-corrected chi connectivity index (χ3v) is 7.23. The van der Waals surface area contributed by atoms with E-state index in [1.165, 1.54) is 31.0 Å². The standard InChI is InChI=1S/C20H19F3N4O4S/c1-3-32(30,31)14-6-7-16(26(2)18(28)11-4-5-11)25-17(14)27-10-12-9-24-15(20(21,22)23)8-13(12)19(27)29/h6-9,11H,3-5,10H2,1-2H3. The van der Waals surface area contributed by atoms with Gasteiger partial charge < -0.3 is 0 Å². The quantitative estimate of drug-likeness (QED) is 0.669. The van der Waals surface area contributed by atoms with Gasteiger partial charge in [-0.25, -0.2) is 13.4 Å². The minimum absolute atomic E-state index is 0.117. The van der Waals surface area contributed by atoms with Crippen LogP contribution in [-0.4, -0.2) is 43.0 Å². The molecular formula is C20H19F3N4O4S. The lowest BCUT2D eigenvalue weighted by atomic mass is 10.1. The summed E-state index contributed by atoms with van der Waals surface area (Å²) in [5.41, 5.74) is -1.22. The summed E-state index contributed by atoms with van der Waals surface area (Å²) >= 11 is 0. The maximum atomic E-state index is 13.0. The zero-order valence-corrected chi connectivity index (χ0v) is 18.0. The highest BCUT2D eigenvalue weighted by Gasteiger charge is 2.39. The molecule has 4 rings (SSSR count). The van der Waals surface area contributed by atoms with E-state index in [4.69, 9.17) is 0 Å². The molecule has 0 unspecified atom stereocenters. The van der Waals surface area contributed by atoms with Gasteiger partial charge in [0.1, 0.15) is 16.4 Å². The van der Waals surface area contributed by atoms with Crippen molar-refractivity contribution in [3.8, 4) is 0 Å². The Morgan fingerprint density at radius 2 is 1.97 bits per heavy atom. The Morgan fingerprint density at radius 1 is 1.28 bits per heavy atom. The number of amides is 2. The normalized spacial score (nSPS) is 16.3. The Labute approximate surface area is 182 Å². The number of rotatable bonds is 5. The van der Waals surface area contributed by atoms with E-state index in [0.29, 0.717) is 6.07 Å². The van der Waals surface area contributed by atoms with Gasteiger partial charge in [-0.15, -0.1) is 0 Å². The van der Waals surface area contributed by atoms with Crippen molar-refractivity contribution in [3.05, 3.63) is 41.2 Å². The van der Waals surface area contributed by atoms with Crippen molar-refractivity contribution in [1.82, 2.24) is 9.97 Å². The number of sulfone groups is 1. The molecule has 1 fully saturated rings. The van der Waals surface area contributed by atoms with Gasteiger partial charge in [-0.2, -0.15) is 13.2 Å². The molecular weight excluding hydrogens is 449 g/mol. The second-order valence-corrected chi connectivity index (χ2v) is 9.93. The van der Waals surface area contributed by atoms with Crippen LogP contribution in [0.2, 0.25) is 0 Å². The number of alkyl halides is 3. The maximum absolute atomic E-state index is 13.0. The van der Waals surface area contributed by atoms with Crippen LogP contribution in [-0.2, 0) is 27.4 Å². The number of carbonyl (C=O) groups is 2. The molecule has 2 aromatic heterocycles. The molecule has 1 aliphatic heterocycles. The third kappa shape index (κ3) is 3.83. The summed E-state index contributed by atoms with van der Waals surface area (Å²) in [5, 5.41) is 0. The Balaban J connectivity index is 1.79. The van der Waals surface area contributed by atoms with Gasteiger partial charge in [0.2, 0.25) is 5.91 Å². The second-order valence-electron chi connectivity index (χ2n) is 7.68. The molecule has 12 heteroatoms. The number of aromatic nitrogens is 2. The fraction of sp³-hybridized carbons (Fsp3) is 0.400. The van der Waals surface area contributed by atoms with Gasteiger partial charge in [0.05, 0.1) is 12.3 Å². The van der Waals surface area contributed by atoms with Crippen molar-refractivity contribution >= 4 is 33.3 Å². The molecule has 8 nitrogen and oxygen atoms in total. The molecule has 2 amide bonds. The summed E-state index contributed by atoms with van der Waals surface area (Å²) in [6.45, 7) is 1.23. The molecule has 0 radical (unpaired) electrons. The highest BCUT2D eigenvalue weighted by molar-refractivity contribution is 7.91. The Kier molecular flexibility index (Phi) is 5.23. The maximum Gasteiger partial charge on any atom is 0.433 e. The van der Waals surface area contributed by atoms with Crippen LogP contribution in [0.4, 0.5) is 24.8 Å². The zero-order valence-electron chi connectivity index (χ0n) is 17.2. The average Bonchev–Trinajstić information content (AvgIpc) is 3.55. The number of nitrogens with zero attached hydrogens (tertiary/aromatic N) is 4. The lowest BCUT2D eigenvalue weighted by molar-refractivity contribution is -0.141. The van der Waals surface area contributed by atoms with E-state index in [0.717, 1.165) is 23.9 Å². The zero-order chi connectivity index (χ0) is 23.4. The van der Waals surface area contributed by atoms with Gasteiger partial charge in [0, 0.05) is 30.3 Å². The van der Waals surface area contributed by atoms with E-state index in [1.807, 2.05) is 0 Å². The summed E-state index contributed by atoms with van der Waals surface area (Å²) in [4.78, 5) is 35.1. The van der Waals surface area contributed by atoms with Gasteiger partial charge >= 0.3 is 6.18 Å². The minimum Gasteiger partial charge on any atom is -0.300 e. The number of fused-ring (bicyclic) bond motifs is 1. The monoisotopic (exact) mass is 468 g/mol. The smallest absolute Gasteiger partial charge is 0.300 e. The van der Waals surface area contributed by atoms with Crippen LogP contribution in [0.25, 0.3) is 0 Å². The van der Waals surface area contributed by atoms with E-state index < -0.39 is 27.6 Å². The summed E-state index contributed by atoms with van der Waals surface area (Å²) in [5.74, 6) is -1.47. The highest BCUT2D eigenvalue weighted by atomic mass is 32.2. The molecule has 0 bridgehead atoms. The predicted molar refractivity (Wildman–Crippen MR) is 108 cm³/mol. The average molecular weight is 468 g/mol. The number of carbonyl (C=O) groups excluding carboxylic acids is 2. The van der Waals surface area contributed by atoms with E-state index in [9.17, 15) is 31.2 Å². The number of pyridine rings is 2. The Morgan fingerprint density at radius 3 is 2.56 bits per heavy atom. The number of anilines is 2. The van der Waals surface area contributed by atoms with Crippen molar-refractivity contribution in [2.45, 2.75) is 37.4 Å². The Hall–Kier alpha value is -3.02. The second kappa shape index (κ2) is 7.54. The molecule has 0 N–H and O–H groups in total. The van der Waals surface area contributed by atoms with Crippen molar-refractivity contribution < 1.29 is 31.2 Å². The summed E-state index contributed by atoms with van der Waals surface area (Å²) < 4.78 is 64.4. The molecule has 0 atom stereocenters.